The minimum absolute atomic E-state index is 0.292. The molecule has 0 spiro atoms. The summed E-state index contributed by atoms with van der Waals surface area (Å²) in [5.74, 6) is 1.49. The van der Waals surface area contributed by atoms with Crippen molar-refractivity contribution in [1.29, 1.82) is 0 Å². The van der Waals surface area contributed by atoms with Crippen molar-refractivity contribution in [2.75, 3.05) is 26.6 Å². The van der Waals surface area contributed by atoms with Crippen LogP contribution in [0.25, 0.3) is 11.3 Å². The average molecular weight is 367 g/mol. The van der Waals surface area contributed by atoms with E-state index in [-0.39, 0.29) is 5.91 Å². The maximum atomic E-state index is 12.8. The molecule has 3 aromatic rings. The average Bonchev–Trinajstić information content (AvgIpc) is 3.07. The Morgan fingerprint density at radius 3 is 2.44 bits per heavy atom. The number of aromatic nitrogens is 2. The van der Waals surface area contributed by atoms with Crippen LogP contribution in [0.15, 0.2) is 42.5 Å². The van der Waals surface area contributed by atoms with Crippen molar-refractivity contribution in [1.82, 2.24) is 10.2 Å². The number of nitrogens with one attached hydrogen (secondary N) is 2. The highest BCUT2D eigenvalue weighted by Crippen LogP contribution is 2.37. The molecule has 1 heterocycles. The van der Waals surface area contributed by atoms with E-state index in [2.05, 4.69) is 15.5 Å². The number of methoxy groups -OCH3 is 3. The third kappa shape index (κ3) is 3.57. The molecule has 1 aromatic heterocycles. The molecule has 0 saturated carbocycles. The van der Waals surface area contributed by atoms with Crippen LogP contribution in [0.1, 0.15) is 16.1 Å². The smallest absolute Gasteiger partial charge is 0.259 e. The van der Waals surface area contributed by atoms with E-state index in [4.69, 9.17) is 14.2 Å². The number of benzene rings is 2. The molecule has 0 aliphatic carbocycles. The number of H-pyrrole nitrogens is 1. The van der Waals surface area contributed by atoms with Gasteiger partial charge in [-0.25, -0.2) is 0 Å². The fourth-order valence-corrected chi connectivity index (χ4v) is 2.79. The molecule has 2 aromatic carbocycles. The second kappa shape index (κ2) is 7.82. The van der Waals surface area contributed by atoms with Crippen molar-refractivity contribution in [2.24, 2.45) is 0 Å². The van der Waals surface area contributed by atoms with Gasteiger partial charge in [-0.3, -0.25) is 9.89 Å². The lowest BCUT2D eigenvalue weighted by Gasteiger charge is -2.12. The van der Waals surface area contributed by atoms with Crippen LogP contribution in [0.4, 0.5) is 5.69 Å². The Morgan fingerprint density at radius 1 is 1.00 bits per heavy atom. The standard InChI is InChI=1S/C20H21N3O4/c1-12-18(21-20(24)14-7-5-6-8-16(14)26-3)19(23-22-12)15-11-13(25-2)9-10-17(15)27-4/h5-11H,1-4H3,(H,21,24)(H,22,23). The van der Waals surface area contributed by atoms with Gasteiger partial charge in [0.1, 0.15) is 22.9 Å². The molecule has 7 nitrogen and oxygen atoms in total. The summed E-state index contributed by atoms with van der Waals surface area (Å²) in [6, 6.07) is 12.4. The first-order chi connectivity index (χ1) is 13.1. The predicted molar refractivity (Wildman–Crippen MR) is 103 cm³/mol. The molecule has 0 atom stereocenters. The number of anilines is 1. The van der Waals surface area contributed by atoms with Gasteiger partial charge in [-0.2, -0.15) is 5.10 Å². The molecule has 7 heteroatoms. The zero-order chi connectivity index (χ0) is 19.4. The topological polar surface area (TPSA) is 85.5 Å². The quantitative estimate of drug-likeness (QED) is 0.694. The minimum Gasteiger partial charge on any atom is -0.497 e. The van der Waals surface area contributed by atoms with Crippen molar-refractivity contribution in [3.05, 3.63) is 53.7 Å². The summed E-state index contributed by atoms with van der Waals surface area (Å²) < 4.78 is 16.0. The molecule has 2 N–H and O–H groups in total. The van der Waals surface area contributed by atoms with E-state index in [0.29, 0.717) is 39.8 Å². The lowest BCUT2D eigenvalue weighted by molar-refractivity contribution is 0.102. The number of nitrogens with zero attached hydrogens (tertiary/aromatic N) is 1. The fraction of sp³-hybridized carbons (Fsp3) is 0.200. The Hall–Kier alpha value is -3.48. The molecule has 0 aliphatic heterocycles. The summed E-state index contributed by atoms with van der Waals surface area (Å²) in [6.45, 7) is 1.83. The number of hydrogen-bond acceptors (Lipinski definition) is 5. The van der Waals surface area contributed by atoms with Crippen molar-refractivity contribution in [2.45, 2.75) is 6.92 Å². The Morgan fingerprint density at radius 2 is 1.74 bits per heavy atom. The van der Waals surface area contributed by atoms with E-state index in [0.717, 1.165) is 5.69 Å². The summed E-state index contributed by atoms with van der Waals surface area (Å²) in [7, 11) is 4.70. The Bertz CT molecular complexity index is 966. The van der Waals surface area contributed by atoms with Crippen LogP contribution in [0.3, 0.4) is 0 Å². The summed E-state index contributed by atoms with van der Waals surface area (Å²) in [5.41, 5.74) is 2.99. The van der Waals surface area contributed by atoms with Crippen molar-refractivity contribution in [3.63, 3.8) is 0 Å². The van der Waals surface area contributed by atoms with Crippen LogP contribution in [0.5, 0.6) is 17.2 Å². The second-order valence-electron chi connectivity index (χ2n) is 5.79. The number of carbonyl (C=O) groups excluding carboxylic acids is 1. The normalized spacial score (nSPS) is 10.4. The zero-order valence-electron chi connectivity index (χ0n) is 15.6. The van der Waals surface area contributed by atoms with Crippen LogP contribution in [-0.4, -0.2) is 37.4 Å². The van der Waals surface area contributed by atoms with Gasteiger partial charge in [-0.05, 0) is 37.3 Å². The van der Waals surface area contributed by atoms with E-state index in [9.17, 15) is 4.79 Å². The number of rotatable bonds is 6. The van der Waals surface area contributed by atoms with E-state index in [1.807, 2.05) is 19.1 Å². The van der Waals surface area contributed by atoms with Gasteiger partial charge < -0.3 is 19.5 Å². The number of ether oxygens (including phenoxy) is 3. The van der Waals surface area contributed by atoms with Gasteiger partial charge in [-0.1, -0.05) is 12.1 Å². The van der Waals surface area contributed by atoms with Crippen molar-refractivity contribution >= 4 is 11.6 Å². The maximum absolute atomic E-state index is 12.8. The maximum Gasteiger partial charge on any atom is 0.259 e. The molecule has 140 valence electrons. The Kier molecular flexibility index (Phi) is 5.30. The van der Waals surface area contributed by atoms with Crippen LogP contribution in [0, 0.1) is 6.92 Å². The van der Waals surface area contributed by atoms with E-state index >= 15 is 0 Å². The van der Waals surface area contributed by atoms with Crippen LogP contribution >= 0.6 is 0 Å². The summed E-state index contributed by atoms with van der Waals surface area (Å²) in [4.78, 5) is 12.8. The summed E-state index contributed by atoms with van der Waals surface area (Å²) in [5, 5.41) is 10.2. The first kappa shape index (κ1) is 18.3. The van der Waals surface area contributed by atoms with E-state index < -0.39 is 0 Å². The van der Waals surface area contributed by atoms with Gasteiger partial charge in [0, 0.05) is 5.56 Å². The van der Waals surface area contributed by atoms with Gasteiger partial charge in [0.2, 0.25) is 0 Å². The van der Waals surface area contributed by atoms with Gasteiger partial charge >= 0.3 is 0 Å². The van der Waals surface area contributed by atoms with Crippen LogP contribution in [-0.2, 0) is 0 Å². The summed E-state index contributed by atoms with van der Waals surface area (Å²) >= 11 is 0. The number of aromatic amines is 1. The lowest BCUT2D eigenvalue weighted by atomic mass is 10.1. The summed E-state index contributed by atoms with van der Waals surface area (Å²) in [6.07, 6.45) is 0. The van der Waals surface area contributed by atoms with Gasteiger partial charge in [0.15, 0.2) is 0 Å². The second-order valence-corrected chi connectivity index (χ2v) is 5.79. The molecular weight excluding hydrogens is 346 g/mol. The molecule has 0 bridgehead atoms. The van der Waals surface area contributed by atoms with Crippen LogP contribution in [0.2, 0.25) is 0 Å². The van der Waals surface area contributed by atoms with Crippen LogP contribution < -0.4 is 19.5 Å². The van der Waals surface area contributed by atoms with Gasteiger partial charge in [0.25, 0.3) is 5.91 Å². The highest BCUT2D eigenvalue weighted by atomic mass is 16.5. The third-order valence-electron chi connectivity index (χ3n) is 4.20. The largest absolute Gasteiger partial charge is 0.497 e. The molecule has 1 amide bonds. The highest BCUT2D eigenvalue weighted by Gasteiger charge is 2.20. The predicted octanol–water partition coefficient (Wildman–Crippen LogP) is 3.66. The van der Waals surface area contributed by atoms with Gasteiger partial charge in [-0.15, -0.1) is 0 Å². The lowest BCUT2D eigenvalue weighted by Crippen LogP contribution is -2.14. The van der Waals surface area contributed by atoms with Crippen molar-refractivity contribution in [3.8, 4) is 28.5 Å². The van der Waals surface area contributed by atoms with E-state index in [1.165, 1.54) is 7.11 Å². The minimum atomic E-state index is -0.292. The number of carbonyl (C=O) groups is 1. The van der Waals surface area contributed by atoms with Gasteiger partial charge in [0.05, 0.1) is 38.3 Å². The van der Waals surface area contributed by atoms with E-state index in [1.54, 1.807) is 44.6 Å². The first-order valence-electron chi connectivity index (χ1n) is 8.30. The Labute approximate surface area is 157 Å². The number of para-hydroxylation sites is 1. The number of aryl methyl sites for hydroxylation is 1. The SMILES string of the molecule is COc1ccc(OC)c(-c2n[nH]c(C)c2NC(=O)c2ccccc2OC)c1. The molecule has 0 radical (unpaired) electrons. The molecule has 27 heavy (non-hydrogen) atoms. The molecular formula is C20H21N3O4. The molecule has 0 unspecified atom stereocenters. The number of hydrogen-bond donors (Lipinski definition) is 2. The third-order valence-corrected chi connectivity index (χ3v) is 4.20. The fourth-order valence-electron chi connectivity index (χ4n) is 2.79. The first-order valence-corrected chi connectivity index (χ1v) is 8.30. The Balaban J connectivity index is 2.02. The van der Waals surface area contributed by atoms with Crippen molar-refractivity contribution < 1.29 is 19.0 Å². The molecule has 3 rings (SSSR count). The highest BCUT2D eigenvalue weighted by molar-refractivity contribution is 6.08. The zero-order valence-corrected chi connectivity index (χ0v) is 15.6. The number of amides is 1. The molecule has 0 fully saturated rings. The monoisotopic (exact) mass is 367 g/mol. The molecule has 0 saturated heterocycles. The molecule has 0 aliphatic rings.